The predicted octanol–water partition coefficient (Wildman–Crippen LogP) is 2.37. The zero-order valence-electron chi connectivity index (χ0n) is 11.1. The van der Waals surface area contributed by atoms with Crippen molar-refractivity contribution in [1.82, 2.24) is 15.5 Å². The van der Waals surface area contributed by atoms with Crippen LogP contribution in [0.4, 0.5) is 0 Å². The molecule has 1 saturated heterocycles. The van der Waals surface area contributed by atoms with Gasteiger partial charge in [0.2, 0.25) is 5.89 Å². The van der Waals surface area contributed by atoms with Crippen molar-refractivity contribution in [3.8, 4) is 0 Å². The third kappa shape index (κ3) is 3.28. The van der Waals surface area contributed by atoms with Gasteiger partial charge in [-0.1, -0.05) is 25.9 Å². The molecule has 1 aromatic heterocycles. The maximum atomic E-state index is 5.31. The minimum Gasteiger partial charge on any atom is -0.339 e. The van der Waals surface area contributed by atoms with Gasteiger partial charge < -0.3 is 9.84 Å². The lowest BCUT2D eigenvalue weighted by molar-refractivity contribution is 0.256. The first-order chi connectivity index (χ1) is 8.16. The van der Waals surface area contributed by atoms with Crippen LogP contribution in [0.3, 0.4) is 0 Å². The molecule has 2 rings (SSSR count). The largest absolute Gasteiger partial charge is 0.339 e. The van der Waals surface area contributed by atoms with E-state index in [-0.39, 0.29) is 0 Å². The van der Waals surface area contributed by atoms with Crippen molar-refractivity contribution >= 4 is 0 Å². The van der Waals surface area contributed by atoms with Gasteiger partial charge in [-0.2, -0.15) is 4.98 Å². The molecule has 17 heavy (non-hydrogen) atoms. The molecule has 0 saturated carbocycles. The average Bonchev–Trinajstić information content (AvgIpc) is 2.79. The molecular weight excluding hydrogens is 214 g/mol. The number of hydrogen-bond donors (Lipinski definition) is 1. The minimum absolute atomic E-state index is 0.346. The lowest BCUT2D eigenvalue weighted by Gasteiger charge is -2.27. The highest BCUT2D eigenvalue weighted by atomic mass is 16.5. The second-order valence-electron chi connectivity index (χ2n) is 5.49. The van der Waals surface area contributed by atoms with Crippen LogP contribution in [0, 0.1) is 11.8 Å². The van der Waals surface area contributed by atoms with E-state index in [0.717, 1.165) is 30.6 Å². The van der Waals surface area contributed by atoms with Crippen LogP contribution in [-0.2, 0) is 6.42 Å². The first-order valence-electron chi connectivity index (χ1n) is 6.70. The lowest BCUT2D eigenvalue weighted by atomic mass is 9.85. The van der Waals surface area contributed by atoms with Crippen LogP contribution in [0.5, 0.6) is 0 Å². The van der Waals surface area contributed by atoms with E-state index in [2.05, 4.69) is 36.2 Å². The van der Waals surface area contributed by atoms with E-state index in [1.54, 1.807) is 0 Å². The molecule has 0 aromatic carbocycles. The zero-order chi connectivity index (χ0) is 12.3. The van der Waals surface area contributed by atoms with Gasteiger partial charge in [-0.15, -0.1) is 0 Å². The Labute approximate surface area is 103 Å². The summed E-state index contributed by atoms with van der Waals surface area (Å²) in [6.45, 7) is 8.76. The van der Waals surface area contributed by atoms with Crippen LogP contribution < -0.4 is 5.32 Å². The number of piperidine rings is 1. The maximum absolute atomic E-state index is 5.31. The number of nitrogens with one attached hydrogen (secondary N) is 1. The Morgan fingerprint density at radius 3 is 2.82 bits per heavy atom. The fourth-order valence-electron chi connectivity index (χ4n) is 2.39. The third-order valence-corrected chi connectivity index (χ3v) is 3.64. The highest BCUT2D eigenvalue weighted by molar-refractivity contribution is 4.93. The summed E-state index contributed by atoms with van der Waals surface area (Å²) < 4.78 is 5.31. The van der Waals surface area contributed by atoms with Crippen molar-refractivity contribution in [2.45, 2.75) is 46.0 Å². The summed E-state index contributed by atoms with van der Waals surface area (Å²) in [7, 11) is 0. The van der Waals surface area contributed by atoms with Crippen molar-refractivity contribution in [2.75, 3.05) is 13.1 Å². The fraction of sp³-hybridized carbons (Fsp3) is 0.846. The Morgan fingerprint density at radius 1 is 1.41 bits per heavy atom. The highest BCUT2D eigenvalue weighted by Gasteiger charge is 2.22. The molecular formula is C13H23N3O. The van der Waals surface area contributed by atoms with Crippen molar-refractivity contribution in [3.63, 3.8) is 0 Å². The smallest absolute Gasteiger partial charge is 0.226 e. The van der Waals surface area contributed by atoms with Crippen LogP contribution >= 0.6 is 0 Å². The Balaban J connectivity index is 1.90. The standard InChI is InChI=1S/C13H23N3O/c1-9(2)13-15-12(17-16-13)7-10(3)11-5-4-6-14-8-11/h9-11,14H,4-8H2,1-3H3. The lowest BCUT2D eigenvalue weighted by Crippen LogP contribution is -2.33. The van der Waals surface area contributed by atoms with E-state index in [4.69, 9.17) is 4.52 Å². The molecule has 1 fully saturated rings. The van der Waals surface area contributed by atoms with Crippen molar-refractivity contribution in [1.29, 1.82) is 0 Å². The normalized spacial score (nSPS) is 22.9. The Morgan fingerprint density at radius 2 is 2.24 bits per heavy atom. The molecule has 2 heterocycles. The van der Waals surface area contributed by atoms with Crippen LogP contribution in [0.1, 0.15) is 51.2 Å². The molecule has 0 amide bonds. The van der Waals surface area contributed by atoms with E-state index in [1.807, 2.05) is 0 Å². The monoisotopic (exact) mass is 237 g/mol. The van der Waals surface area contributed by atoms with E-state index >= 15 is 0 Å². The Hall–Kier alpha value is -0.900. The van der Waals surface area contributed by atoms with Crippen LogP contribution in [0.25, 0.3) is 0 Å². The summed E-state index contributed by atoms with van der Waals surface area (Å²) in [5, 5.41) is 7.47. The number of rotatable bonds is 4. The van der Waals surface area contributed by atoms with E-state index < -0.39 is 0 Å². The van der Waals surface area contributed by atoms with Crippen molar-refractivity contribution < 1.29 is 4.52 Å². The van der Waals surface area contributed by atoms with E-state index in [0.29, 0.717) is 11.8 Å². The quantitative estimate of drug-likeness (QED) is 0.873. The SMILES string of the molecule is CC(C)c1noc(CC(C)C2CCCNC2)n1. The summed E-state index contributed by atoms with van der Waals surface area (Å²) in [6.07, 6.45) is 3.52. The Bertz CT molecular complexity index is 342. The van der Waals surface area contributed by atoms with Crippen LogP contribution in [0.15, 0.2) is 4.52 Å². The van der Waals surface area contributed by atoms with Crippen molar-refractivity contribution in [3.05, 3.63) is 11.7 Å². The molecule has 1 aromatic rings. The van der Waals surface area contributed by atoms with Gasteiger partial charge in [0.05, 0.1) is 0 Å². The highest BCUT2D eigenvalue weighted by Crippen LogP contribution is 2.23. The number of aromatic nitrogens is 2. The summed E-state index contributed by atoms with van der Waals surface area (Å²) >= 11 is 0. The van der Waals surface area contributed by atoms with Gasteiger partial charge in [-0.3, -0.25) is 0 Å². The van der Waals surface area contributed by atoms with Gasteiger partial charge >= 0.3 is 0 Å². The molecule has 1 N–H and O–H groups in total. The minimum atomic E-state index is 0.346. The number of hydrogen-bond acceptors (Lipinski definition) is 4. The molecule has 0 aliphatic carbocycles. The Kier molecular flexibility index (Phi) is 4.15. The molecule has 0 bridgehead atoms. The first kappa shape index (κ1) is 12.6. The third-order valence-electron chi connectivity index (χ3n) is 3.64. The summed E-state index contributed by atoms with van der Waals surface area (Å²) in [4.78, 5) is 4.45. The molecule has 4 heteroatoms. The molecule has 0 spiro atoms. The zero-order valence-corrected chi connectivity index (χ0v) is 11.1. The number of nitrogens with zero attached hydrogens (tertiary/aromatic N) is 2. The second kappa shape index (κ2) is 5.63. The van der Waals surface area contributed by atoms with Gasteiger partial charge in [-0.05, 0) is 37.8 Å². The van der Waals surface area contributed by atoms with E-state index in [1.165, 1.54) is 19.4 Å². The van der Waals surface area contributed by atoms with Gasteiger partial charge in [-0.25, -0.2) is 0 Å². The summed E-state index contributed by atoms with van der Waals surface area (Å²) in [6, 6.07) is 0. The molecule has 0 radical (unpaired) electrons. The van der Waals surface area contributed by atoms with Gasteiger partial charge in [0.15, 0.2) is 5.82 Å². The van der Waals surface area contributed by atoms with Crippen molar-refractivity contribution in [2.24, 2.45) is 11.8 Å². The molecule has 1 aliphatic heterocycles. The second-order valence-corrected chi connectivity index (χ2v) is 5.49. The molecule has 4 nitrogen and oxygen atoms in total. The summed E-state index contributed by atoms with van der Waals surface area (Å²) in [5.74, 6) is 3.33. The van der Waals surface area contributed by atoms with Gasteiger partial charge in [0, 0.05) is 12.3 Å². The van der Waals surface area contributed by atoms with Gasteiger partial charge in [0.1, 0.15) is 0 Å². The van der Waals surface area contributed by atoms with E-state index in [9.17, 15) is 0 Å². The average molecular weight is 237 g/mol. The molecule has 2 atom stereocenters. The summed E-state index contributed by atoms with van der Waals surface area (Å²) in [5.41, 5.74) is 0. The first-order valence-corrected chi connectivity index (χ1v) is 6.70. The molecule has 2 unspecified atom stereocenters. The topological polar surface area (TPSA) is 51.0 Å². The van der Waals surface area contributed by atoms with Crippen LogP contribution in [-0.4, -0.2) is 23.2 Å². The predicted molar refractivity (Wildman–Crippen MR) is 66.8 cm³/mol. The fourth-order valence-corrected chi connectivity index (χ4v) is 2.39. The van der Waals surface area contributed by atoms with Crippen LogP contribution in [0.2, 0.25) is 0 Å². The molecule has 1 aliphatic rings. The maximum Gasteiger partial charge on any atom is 0.226 e. The van der Waals surface area contributed by atoms with Gasteiger partial charge in [0.25, 0.3) is 0 Å². The molecule has 96 valence electrons.